The molecule has 1 unspecified atom stereocenters. The van der Waals surface area contributed by atoms with Crippen LogP contribution in [0.2, 0.25) is 10.0 Å². The van der Waals surface area contributed by atoms with Crippen molar-refractivity contribution in [2.45, 2.75) is 19.9 Å². The molecule has 0 aliphatic carbocycles. The maximum absolute atomic E-state index is 6.33. The van der Waals surface area contributed by atoms with Crippen LogP contribution in [0.3, 0.4) is 0 Å². The van der Waals surface area contributed by atoms with Crippen molar-refractivity contribution < 1.29 is 0 Å². The number of aryl methyl sites for hydroxylation is 2. The summed E-state index contributed by atoms with van der Waals surface area (Å²) in [6.07, 6.45) is 0. The third kappa shape index (κ3) is 2.29. The fourth-order valence-electron chi connectivity index (χ4n) is 2.67. The number of hydrogen-bond acceptors (Lipinski definition) is 2. The Kier molecular flexibility index (Phi) is 3.59. The number of nitrogens with zero attached hydrogens (tertiary/aromatic N) is 3. The van der Waals surface area contributed by atoms with Gasteiger partial charge in [-0.25, -0.2) is 0 Å². The second kappa shape index (κ2) is 5.16. The lowest BCUT2D eigenvalue weighted by atomic mass is 10.1. The molecule has 0 bridgehead atoms. The molecule has 3 aromatic rings. The van der Waals surface area contributed by atoms with E-state index in [2.05, 4.69) is 17.0 Å². The minimum Gasteiger partial charge on any atom is -0.328 e. The maximum Gasteiger partial charge on any atom is 0.179 e. The number of aromatic nitrogens is 4. The summed E-state index contributed by atoms with van der Waals surface area (Å²) >= 11 is 17.8. The maximum atomic E-state index is 6.33. The van der Waals surface area contributed by atoms with E-state index in [4.69, 9.17) is 35.4 Å². The van der Waals surface area contributed by atoms with Crippen LogP contribution in [0.1, 0.15) is 24.2 Å². The minimum atomic E-state index is -0.0224. The van der Waals surface area contributed by atoms with Crippen molar-refractivity contribution in [3.05, 3.63) is 44.3 Å². The molecule has 1 N–H and O–H groups in total. The molecule has 7 heteroatoms. The summed E-state index contributed by atoms with van der Waals surface area (Å²) in [6.45, 7) is 4.01. The zero-order valence-electron chi connectivity index (χ0n) is 11.8. The first-order valence-corrected chi connectivity index (χ1v) is 7.65. The molecule has 0 spiro atoms. The Morgan fingerprint density at radius 1 is 1.33 bits per heavy atom. The van der Waals surface area contributed by atoms with E-state index in [0.717, 1.165) is 22.4 Å². The number of aromatic amines is 1. The van der Waals surface area contributed by atoms with Crippen molar-refractivity contribution >= 4 is 46.6 Å². The van der Waals surface area contributed by atoms with Crippen molar-refractivity contribution in [3.63, 3.8) is 0 Å². The molecule has 110 valence electrons. The molecule has 2 heterocycles. The SMILES string of the molecule is Cc1nn(C)c2c1[nH]c(=S)n2C(C)c1ccc(Cl)cc1Cl. The number of hydrogen-bond donors (Lipinski definition) is 1. The van der Waals surface area contributed by atoms with E-state index in [1.54, 1.807) is 6.07 Å². The summed E-state index contributed by atoms with van der Waals surface area (Å²) in [6, 6.07) is 5.49. The molecule has 1 aromatic carbocycles. The molecule has 0 fully saturated rings. The summed E-state index contributed by atoms with van der Waals surface area (Å²) in [4.78, 5) is 3.22. The zero-order chi connectivity index (χ0) is 15.3. The van der Waals surface area contributed by atoms with Gasteiger partial charge >= 0.3 is 0 Å². The number of halogens is 2. The Hall–Kier alpha value is -1.30. The highest BCUT2D eigenvalue weighted by atomic mass is 35.5. The van der Waals surface area contributed by atoms with Crippen molar-refractivity contribution in [2.24, 2.45) is 7.05 Å². The Bertz CT molecular complexity index is 890. The van der Waals surface area contributed by atoms with Gasteiger partial charge in [-0.15, -0.1) is 0 Å². The van der Waals surface area contributed by atoms with Gasteiger partial charge in [-0.1, -0.05) is 29.3 Å². The number of benzene rings is 1. The molecule has 0 saturated heterocycles. The fourth-order valence-corrected chi connectivity index (χ4v) is 3.58. The quantitative estimate of drug-likeness (QED) is 0.689. The summed E-state index contributed by atoms with van der Waals surface area (Å²) in [5, 5.41) is 5.68. The van der Waals surface area contributed by atoms with Gasteiger partial charge in [0.05, 0.1) is 11.7 Å². The number of H-pyrrole nitrogens is 1. The van der Waals surface area contributed by atoms with Gasteiger partial charge in [-0.05, 0) is 43.8 Å². The van der Waals surface area contributed by atoms with Crippen LogP contribution in [0.25, 0.3) is 11.2 Å². The van der Waals surface area contributed by atoms with E-state index < -0.39 is 0 Å². The molecule has 0 amide bonds. The highest BCUT2D eigenvalue weighted by Gasteiger charge is 2.19. The lowest BCUT2D eigenvalue weighted by Crippen LogP contribution is -2.10. The van der Waals surface area contributed by atoms with Crippen LogP contribution >= 0.6 is 35.4 Å². The van der Waals surface area contributed by atoms with Crippen molar-refractivity contribution in [2.75, 3.05) is 0 Å². The van der Waals surface area contributed by atoms with E-state index in [0.29, 0.717) is 14.8 Å². The Morgan fingerprint density at radius 2 is 2.05 bits per heavy atom. The van der Waals surface area contributed by atoms with E-state index >= 15 is 0 Å². The van der Waals surface area contributed by atoms with Crippen LogP contribution in [0, 0.1) is 11.7 Å². The van der Waals surface area contributed by atoms with Crippen LogP contribution in [-0.4, -0.2) is 19.3 Å². The summed E-state index contributed by atoms with van der Waals surface area (Å²) in [5.74, 6) is 0. The molecular weight excluding hydrogens is 327 g/mol. The lowest BCUT2D eigenvalue weighted by molar-refractivity contribution is 0.620. The summed E-state index contributed by atoms with van der Waals surface area (Å²) in [7, 11) is 1.91. The van der Waals surface area contributed by atoms with Crippen molar-refractivity contribution in [1.82, 2.24) is 19.3 Å². The number of imidazole rings is 1. The molecule has 2 aromatic heterocycles. The third-order valence-corrected chi connectivity index (χ3v) is 4.53. The van der Waals surface area contributed by atoms with Gasteiger partial charge in [0.15, 0.2) is 10.4 Å². The first-order chi connectivity index (χ1) is 9.90. The number of rotatable bonds is 2. The van der Waals surface area contributed by atoms with Gasteiger partial charge in [0.1, 0.15) is 5.52 Å². The Balaban J connectivity index is 2.24. The molecule has 0 aliphatic heterocycles. The molecule has 0 aliphatic rings. The average Bonchev–Trinajstić information content (AvgIpc) is 2.87. The number of fused-ring (bicyclic) bond motifs is 1. The largest absolute Gasteiger partial charge is 0.328 e. The highest BCUT2D eigenvalue weighted by Crippen LogP contribution is 2.31. The third-order valence-electron chi connectivity index (χ3n) is 3.67. The predicted molar refractivity (Wildman–Crippen MR) is 88.9 cm³/mol. The predicted octanol–water partition coefficient (Wildman–Crippen LogP) is 4.66. The van der Waals surface area contributed by atoms with Crippen molar-refractivity contribution in [3.8, 4) is 0 Å². The van der Waals surface area contributed by atoms with E-state index in [-0.39, 0.29) is 6.04 Å². The zero-order valence-corrected chi connectivity index (χ0v) is 14.1. The molecule has 21 heavy (non-hydrogen) atoms. The van der Waals surface area contributed by atoms with Crippen LogP contribution in [0.5, 0.6) is 0 Å². The topological polar surface area (TPSA) is 38.5 Å². The standard InChI is InChI=1S/C14H14Cl2N4S/c1-7-12-13(19(3)18-7)20(14(21)17-12)8(2)10-5-4-9(15)6-11(10)16/h4-6,8H,1-3H3,(H,17,21). The molecule has 4 nitrogen and oxygen atoms in total. The van der Waals surface area contributed by atoms with Gasteiger partial charge in [-0.2, -0.15) is 5.10 Å². The first-order valence-electron chi connectivity index (χ1n) is 6.49. The van der Waals surface area contributed by atoms with Crippen LogP contribution < -0.4 is 0 Å². The molecule has 0 saturated carbocycles. The molecular formula is C14H14Cl2N4S. The van der Waals surface area contributed by atoms with Crippen LogP contribution in [-0.2, 0) is 7.05 Å². The van der Waals surface area contributed by atoms with Gasteiger partial charge in [0.25, 0.3) is 0 Å². The normalized spacial score (nSPS) is 13.0. The fraction of sp³-hybridized carbons (Fsp3) is 0.286. The molecule has 1 atom stereocenters. The second-order valence-corrected chi connectivity index (χ2v) is 6.28. The Labute approximate surface area is 137 Å². The average molecular weight is 341 g/mol. The highest BCUT2D eigenvalue weighted by molar-refractivity contribution is 7.71. The van der Waals surface area contributed by atoms with Crippen LogP contribution in [0.4, 0.5) is 0 Å². The smallest absolute Gasteiger partial charge is 0.179 e. The summed E-state index contributed by atoms with van der Waals surface area (Å²) in [5.41, 5.74) is 3.80. The minimum absolute atomic E-state index is 0.0224. The van der Waals surface area contributed by atoms with Crippen molar-refractivity contribution in [1.29, 1.82) is 0 Å². The molecule has 0 radical (unpaired) electrons. The lowest BCUT2D eigenvalue weighted by Gasteiger charge is -2.16. The van der Waals surface area contributed by atoms with E-state index in [1.165, 1.54) is 0 Å². The van der Waals surface area contributed by atoms with Gasteiger partial charge in [0, 0.05) is 17.1 Å². The van der Waals surface area contributed by atoms with Gasteiger partial charge in [-0.3, -0.25) is 9.25 Å². The number of nitrogens with one attached hydrogen (secondary N) is 1. The van der Waals surface area contributed by atoms with Crippen LogP contribution in [0.15, 0.2) is 18.2 Å². The van der Waals surface area contributed by atoms with Gasteiger partial charge in [0.2, 0.25) is 0 Å². The summed E-state index contributed by atoms with van der Waals surface area (Å²) < 4.78 is 4.51. The van der Waals surface area contributed by atoms with E-state index in [1.807, 2.05) is 35.4 Å². The Morgan fingerprint density at radius 3 is 2.71 bits per heavy atom. The monoisotopic (exact) mass is 340 g/mol. The molecule has 3 rings (SSSR count). The van der Waals surface area contributed by atoms with E-state index in [9.17, 15) is 0 Å². The second-order valence-electron chi connectivity index (χ2n) is 5.05. The van der Waals surface area contributed by atoms with Gasteiger partial charge < -0.3 is 4.98 Å². The first kappa shape index (κ1) is 14.6.